The number of halogens is 4. The van der Waals surface area contributed by atoms with Crippen LogP contribution < -0.4 is 4.74 Å². The summed E-state index contributed by atoms with van der Waals surface area (Å²) in [5.74, 6) is -0.00542. The topological polar surface area (TPSA) is 35.0 Å². The number of ether oxygens (including phenoxy) is 1. The molecule has 0 saturated heterocycles. The molecule has 0 amide bonds. The van der Waals surface area contributed by atoms with Gasteiger partial charge in [0.05, 0.1) is 5.56 Å². The Balaban J connectivity index is 2.28. The van der Waals surface area contributed by atoms with E-state index in [0.29, 0.717) is 5.03 Å². The molecule has 0 fully saturated rings. The fraction of sp³-hybridized carbons (Fsp3) is 0.167. The van der Waals surface area contributed by atoms with Crippen LogP contribution in [0.15, 0.2) is 35.4 Å². The van der Waals surface area contributed by atoms with Crippen molar-refractivity contribution in [2.24, 2.45) is 0 Å². The van der Waals surface area contributed by atoms with E-state index in [-0.39, 0.29) is 16.9 Å². The Labute approximate surface area is 122 Å². The molecule has 0 aliphatic carbocycles. The zero-order chi connectivity index (χ0) is 14.8. The third kappa shape index (κ3) is 3.77. The molecule has 2 rings (SSSR count). The summed E-state index contributed by atoms with van der Waals surface area (Å²) in [6, 6.07) is 5.91. The number of thioether (sulfide) groups is 1. The molecule has 0 saturated carbocycles. The molecule has 0 radical (unpaired) electrons. The Bertz CT molecular complexity index is 622. The molecular formula is C12H8ClF3N2OS. The van der Waals surface area contributed by atoms with E-state index in [0.717, 1.165) is 12.1 Å². The first kappa shape index (κ1) is 14.9. The van der Waals surface area contributed by atoms with Crippen LogP contribution in [-0.2, 0) is 6.18 Å². The average molecular weight is 321 g/mol. The highest BCUT2D eigenvalue weighted by Gasteiger charge is 2.30. The summed E-state index contributed by atoms with van der Waals surface area (Å²) < 4.78 is 43.0. The number of benzene rings is 1. The number of hydrogen-bond donors (Lipinski definition) is 0. The van der Waals surface area contributed by atoms with E-state index in [1.165, 1.54) is 30.0 Å². The Morgan fingerprint density at radius 1 is 1.20 bits per heavy atom. The lowest BCUT2D eigenvalue weighted by Crippen LogP contribution is -2.04. The first-order chi connectivity index (χ1) is 9.38. The number of alkyl halides is 3. The summed E-state index contributed by atoms with van der Waals surface area (Å²) in [6.45, 7) is 0. The highest BCUT2D eigenvalue weighted by molar-refractivity contribution is 7.98. The molecule has 1 heterocycles. The first-order valence-corrected chi connectivity index (χ1v) is 6.92. The normalized spacial score (nSPS) is 11.4. The predicted octanol–water partition coefficient (Wildman–Crippen LogP) is 4.66. The lowest BCUT2D eigenvalue weighted by Gasteiger charge is -2.09. The highest BCUT2D eigenvalue weighted by atomic mass is 35.5. The molecule has 3 nitrogen and oxygen atoms in total. The summed E-state index contributed by atoms with van der Waals surface area (Å²) in [4.78, 5) is 7.81. The van der Waals surface area contributed by atoms with Crippen LogP contribution >= 0.6 is 23.4 Å². The lowest BCUT2D eigenvalue weighted by molar-refractivity contribution is -0.137. The van der Waals surface area contributed by atoms with E-state index >= 15 is 0 Å². The van der Waals surface area contributed by atoms with Crippen LogP contribution in [0.4, 0.5) is 13.2 Å². The van der Waals surface area contributed by atoms with Gasteiger partial charge in [0.15, 0.2) is 0 Å². The Hall–Kier alpha value is -1.47. The monoisotopic (exact) mass is 320 g/mol. The van der Waals surface area contributed by atoms with Gasteiger partial charge in [0.25, 0.3) is 0 Å². The molecular weight excluding hydrogens is 313 g/mol. The van der Waals surface area contributed by atoms with Crippen molar-refractivity contribution >= 4 is 23.4 Å². The minimum absolute atomic E-state index is 0.00542. The van der Waals surface area contributed by atoms with Crippen molar-refractivity contribution < 1.29 is 17.9 Å². The van der Waals surface area contributed by atoms with Crippen molar-refractivity contribution in [3.05, 3.63) is 41.0 Å². The molecule has 8 heteroatoms. The van der Waals surface area contributed by atoms with Crippen molar-refractivity contribution in [2.75, 3.05) is 6.26 Å². The molecule has 1 aromatic carbocycles. The maximum absolute atomic E-state index is 12.6. The number of nitrogens with zero attached hydrogens (tertiary/aromatic N) is 2. The second-order valence-electron chi connectivity index (χ2n) is 3.64. The van der Waals surface area contributed by atoms with Crippen molar-refractivity contribution in [1.82, 2.24) is 9.97 Å². The molecule has 0 unspecified atom stereocenters. The van der Waals surface area contributed by atoms with E-state index in [1.54, 1.807) is 6.26 Å². The highest BCUT2D eigenvalue weighted by Crippen LogP contribution is 2.32. The molecule has 0 atom stereocenters. The quantitative estimate of drug-likeness (QED) is 0.608. The van der Waals surface area contributed by atoms with Crippen LogP contribution in [0.25, 0.3) is 0 Å². The van der Waals surface area contributed by atoms with Crippen molar-refractivity contribution in [1.29, 1.82) is 0 Å². The van der Waals surface area contributed by atoms with Gasteiger partial charge in [-0.3, -0.25) is 0 Å². The number of rotatable bonds is 3. The minimum Gasteiger partial charge on any atom is -0.424 e. The van der Waals surface area contributed by atoms with Gasteiger partial charge in [0, 0.05) is 6.07 Å². The largest absolute Gasteiger partial charge is 0.424 e. The van der Waals surface area contributed by atoms with Gasteiger partial charge < -0.3 is 4.74 Å². The number of aromatic nitrogens is 2. The second kappa shape index (κ2) is 5.88. The summed E-state index contributed by atoms with van der Waals surface area (Å²) >= 11 is 7.09. The van der Waals surface area contributed by atoms with Crippen LogP contribution in [0, 0.1) is 0 Å². The van der Waals surface area contributed by atoms with Gasteiger partial charge in [-0.05, 0) is 24.5 Å². The molecule has 0 aliphatic heterocycles. The summed E-state index contributed by atoms with van der Waals surface area (Å²) in [6.07, 6.45) is -2.65. The second-order valence-corrected chi connectivity index (χ2v) is 4.86. The van der Waals surface area contributed by atoms with Gasteiger partial charge >= 0.3 is 12.2 Å². The van der Waals surface area contributed by atoms with Crippen LogP contribution in [0.3, 0.4) is 0 Å². The summed E-state index contributed by atoms with van der Waals surface area (Å²) in [7, 11) is 0. The SMILES string of the molecule is CSc1cc(Cl)nc(Oc2cccc(C(F)(F)F)c2)n1. The lowest BCUT2D eigenvalue weighted by atomic mass is 10.2. The van der Waals surface area contributed by atoms with Crippen molar-refractivity contribution in [3.8, 4) is 11.8 Å². The van der Waals surface area contributed by atoms with E-state index in [4.69, 9.17) is 16.3 Å². The maximum Gasteiger partial charge on any atom is 0.416 e. The summed E-state index contributed by atoms with van der Waals surface area (Å²) in [5.41, 5.74) is -0.804. The summed E-state index contributed by atoms with van der Waals surface area (Å²) in [5, 5.41) is 0.721. The molecule has 0 spiro atoms. The molecule has 106 valence electrons. The van der Waals surface area contributed by atoms with E-state index in [1.807, 2.05) is 0 Å². The molecule has 0 bridgehead atoms. The van der Waals surface area contributed by atoms with Gasteiger partial charge in [-0.1, -0.05) is 17.7 Å². The minimum atomic E-state index is -4.43. The Morgan fingerprint density at radius 2 is 1.95 bits per heavy atom. The fourth-order valence-electron chi connectivity index (χ4n) is 1.37. The van der Waals surface area contributed by atoms with E-state index in [2.05, 4.69) is 9.97 Å². The van der Waals surface area contributed by atoms with Crippen LogP contribution in [0.1, 0.15) is 5.56 Å². The van der Waals surface area contributed by atoms with Gasteiger partial charge in [-0.2, -0.15) is 23.1 Å². The van der Waals surface area contributed by atoms with Crippen molar-refractivity contribution in [2.45, 2.75) is 11.2 Å². The third-order valence-corrected chi connectivity index (χ3v) is 3.05. The molecule has 0 aliphatic rings. The van der Waals surface area contributed by atoms with Crippen LogP contribution in [-0.4, -0.2) is 16.2 Å². The van der Waals surface area contributed by atoms with E-state index in [9.17, 15) is 13.2 Å². The maximum atomic E-state index is 12.6. The molecule has 20 heavy (non-hydrogen) atoms. The zero-order valence-corrected chi connectivity index (χ0v) is 11.7. The Kier molecular flexibility index (Phi) is 4.39. The Morgan fingerprint density at radius 3 is 2.60 bits per heavy atom. The first-order valence-electron chi connectivity index (χ1n) is 5.32. The average Bonchev–Trinajstić information content (AvgIpc) is 2.37. The smallest absolute Gasteiger partial charge is 0.416 e. The van der Waals surface area contributed by atoms with Crippen molar-refractivity contribution in [3.63, 3.8) is 0 Å². The molecule has 1 aromatic heterocycles. The van der Waals surface area contributed by atoms with E-state index < -0.39 is 11.7 Å². The van der Waals surface area contributed by atoms with Crippen LogP contribution in [0.5, 0.6) is 11.8 Å². The predicted molar refractivity (Wildman–Crippen MR) is 70.3 cm³/mol. The van der Waals surface area contributed by atoms with Gasteiger partial charge in [-0.15, -0.1) is 11.8 Å². The molecule has 0 N–H and O–H groups in total. The van der Waals surface area contributed by atoms with Gasteiger partial charge in [-0.25, -0.2) is 0 Å². The number of hydrogen-bond acceptors (Lipinski definition) is 4. The third-order valence-electron chi connectivity index (χ3n) is 2.23. The van der Waals surface area contributed by atoms with Gasteiger partial charge in [0.1, 0.15) is 15.9 Å². The molecule has 2 aromatic rings. The zero-order valence-electron chi connectivity index (χ0n) is 10.1. The van der Waals surface area contributed by atoms with Gasteiger partial charge in [0.2, 0.25) is 0 Å². The van der Waals surface area contributed by atoms with Crippen LogP contribution in [0.2, 0.25) is 5.15 Å². The fourth-order valence-corrected chi connectivity index (χ4v) is 2.01. The standard InChI is InChI=1S/C12H8ClF3N2OS/c1-20-10-6-9(13)17-11(18-10)19-8-4-2-3-7(5-8)12(14,15)16/h2-6H,1H3.